The van der Waals surface area contributed by atoms with Gasteiger partial charge in [-0.3, -0.25) is 0 Å². The van der Waals surface area contributed by atoms with Crippen LogP contribution in [-0.4, -0.2) is 4.83 Å². The van der Waals surface area contributed by atoms with Crippen LogP contribution in [0, 0.1) is 0 Å². The van der Waals surface area contributed by atoms with Crippen molar-refractivity contribution in [3.8, 4) is 0 Å². The zero-order valence-electron chi connectivity index (χ0n) is 7.76. The summed E-state index contributed by atoms with van der Waals surface area (Å²) in [6, 6.07) is 8.58. The van der Waals surface area contributed by atoms with E-state index in [9.17, 15) is 0 Å². The van der Waals surface area contributed by atoms with Crippen molar-refractivity contribution in [2.24, 2.45) is 0 Å². The Hall–Kier alpha value is 0.180. The summed E-state index contributed by atoms with van der Waals surface area (Å²) in [5.74, 6) is 0. The molecule has 0 fully saturated rings. The minimum Gasteiger partial charge on any atom is -0.0894 e. The molecule has 1 rings (SSSR count). The molecule has 13 heavy (non-hydrogen) atoms. The van der Waals surface area contributed by atoms with Crippen molar-refractivity contribution in [1.82, 2.24) is 0 Å². The summed E-state index contributed by atoms with van der Waals surface area (Å²) >= 11 is 6.98. The molecule has 0 aliphatic heterocycles. The Bertz CT molecular complexity index is 239. The van der Waals surface area contributed by atoms with E-state index in [4.69, 9.17) is 0 Å². The van der Waals surface area contributed by atoms with Gasteiger partial charge < -0.3 is 0 Å². The fourth-order valence-corrected chi connectivity index (χ4v) is 1.83. The van der Waals surface area contributed by atoms with E-state index in [1.165, 1.54) is 24.8 Å². The van der Waals surface area contributed by atoms with Gasteiger partial charge in [0, 0.05) is 9.30 Å². The second-order valence-corrected chi connectivity index (χ2v) is 5.78. The third-order valence-corrected chi connectivity index (χ3v) is 2.97. The van der Waals surface area contributed by atoms with E-state index >= 15 is 0 Å². The Balaban J connectivity index is 2.33. The first-order valence-electron chi connectivity index (χ1n) is 4.57. The van der Waals surface area contributed by atoms with Gasteiger partial charge in [-0.05, 0) is 37.0 Å². The van der Waals surface area contributed by atoms with Crippen molar-refractivity contribution in [2.75, 3.05) is 0 Å². The van der Waals surface area contributed by atoms with Crippen molar-refractivity contribution in [2.45, 2.75) is 31.0 Å². The average molecular weight is 306 g/mol. The Morgan fingerprint density at radius 1 is 1.23 bits per heavy atom. The molecule has 1 unspecified atom stereocenters. The molecule has 1 aromatic rings. The molecule has 2 heteroatoms. The topological polar surface area (TPSA) is 0 Å². The fraction of sp³-hybridized carbons (Fsp3) is 0.455. The molecule has 0 saturated heterocycles. The number of halogens is 2. The number of hydrogen-bond acceptors (Lipinski definition) is 0. The highest BCUT2D eigenvalue weighted by Crippen LogP contribution is 2.14. The van der Waals surface area contributed by atoms with Crippen molar-refractivity contribution in [3.05, 3.63) is 34.3 Å². The molecule has 0 aliphatic rings. The average Bonchev–Trinajstić information content (AvgIpc) is 2.08. The first-order chi connectivity index (χ1) is 6.18. The van der Waals surface area contributed by atoms with Crippen LogP contribution in [0.25, 0.3) is 0 Å². The summed E-state index contributed by atoms with van der Waals surface area (Å²) in [7, 11) is 0. The molecular formula is C11H14Br2. The molecule has 0 heterocycles. The van der Waals surface area contributed by atoms with Crippen molar-refractivity contribution in [3.63, 3.8) is 0 Å². The Morgan fingerprint density at radius 2 is 1.85 bits per heavy atom. The van der Waals surface area contributed by atoms with Crippen molar-refractivity contribution in [1.29, 1.82) is 0 Å². The quantitative estimate of drug-likeness (QED) is 0.716. The van der Waals surface area contributed by atoms with E-state index in [0.29, 0.717) is 4.83 Å². The number of alkyl halides is 1. The summed E-state index contributed by atoms with van der Waals surface area (Å²) in [5.41, 5.74) is 1.43. The highest BCUT2D eigenvalue weighted by molar-refractivity contribution is 9.10. The van der Waals surface area contributed by atoms with Gasteiger partial charge in [-0.15, -0.1) is 0 Å². The van der Waals surface area contributed by atoms with Gasteiger partial charge in [0.1, 0.15) is 0 Å². The number of hydrogen-bond donors (Lipinski definition) is 0. The third kappa shape index (κ3) is 4.82. The van der Waals surface area contributed by atoms with Gasteiger partial charge in [-0.25, -0.2) is 0 Å². The van der Waals surface area contributed by atoms with Crippen LogP contribution in [0.3, 0.4) is 0 Å². The van der Waals surface area contributed by atoms with Gasteiger partial charge in [0.2, 0.25) is 0 Å². The van der Waals surface area contributed by atoms with Crippen LogP contribution >= 0.6 is 31.9 Å². The summed E-state index contributed by atoms with van der Waals surface area (Å²) in [5, 5.41) is 0. The molecule has 0 spiro atoms. The van der Waals surface area contributed by atoms with Crippen molar-refractivity contribution < 1.29 is 0 Å². The van der Waals surface area contributed by atoms with E-state index in [2.05, 4.69) is 63.0 Å². The highest BCUT2D eigenvalue weighted by atomic mass is 79.9. The SMILES string of the molecule is CC(Br)CCCc1ccc(Br)cc1. The Morgan fingerprint density at radius 3 is 2.38 bits per heavy atom. The molecule has 0 nitrogen and oxygen atoms in total. The van der Waals surface area contributed by atoms with Gasteiger partial charge in [-0.1, -0.05) is 50.9 Å². The summed E-state index contributed by atoms with van der Waals surface area (Å²) in [6.45, 7) is 2.20. The van der Waals surface area contributed by atoms with Gasteiger partial charge in [0.25, 0.3) is 0 Å². The fourth-order valence-electron chi connectivity index (χ4n) is 1.24. The molecule has 1 aromatic carbocycles. The Labute approximate surface area is 97.0 Å². The van der Waals surface area contributed by atoms with Crippen LogP contribution in [0.2, 0.25) is 0 Å². The number of aryl methyl sites for hydroxylation is 1. The normalized spacial score (nSPS) is 12.8. The first kappa shape index (κ1) is 11.3. The standard InChI is InChI=1S/C11H14Br2/c1-9(12)3-2-4-10-5-7-11(13)8-6-10/h5-9H,2-4H2,1H3. The lowest BCUT2D eigenvalue weighted by Crippen LogP contribution is -1.92. The molecular weight excluding hydrogens is 292 g/mol. The molecule has 0 saturated carbocycles. The lowest BCUT2D eigenvalue weighted by Gasteiger charge is -2.03. The van der Waals surface area contributed by atoms with Crippen LogP contribution in [0.5, 0.6) is 0 Å². The van der Waals surface area contributed by atoms with Crippen LogP contribution < -0.4 is 0 Å². The minimum atomic E-state index is 0.642. The minimum absolute atomic E-state index is 0.642. The summed E-state index contributed by atoms with van der Waals surface area (Å²) in [4.78, 5) is 0.642. The second-order valence-electron chi connectivity index (χ2n) is 3.30. The largest absolute Gasteiger partial charge is 0.0894 e. The molecule has 72 valence electrons. The highest BCUT2D eigenvalue weighted by Gasteiger charge is 1.97. The van der Waals surface area contributed by atoms with Gasteiger partial charge in [-0.2, -0.15) is 0 Å². The molecule has 0 aromatic heterocycles. The van der Waals surface area contributed by atoms with E-state index in [-0.39, 0.29) is 0 Å². The lowest BCUT2D eigenvalue weighted by molar-refractivity contribution is 0.736. The van der Waals surface area contributed by atoms with Crippen LogP contribution in [0.15, 0.2) is 28.7 Å². The predicted molar refractivity (Wildman–Crippen MR) is 65.5 cm³/mol. The molecule has 1 atom stereocenters. The number of benzene rings is 1. The van der Waals surface area contributed by atoms with Crippen LogP contribution in [-0.2, 0) is 6.42 Å². The molecule has 0 bridgehead atoms. The molecule has 0 amide bonds. The van der Waals surface area contributed by atoms with Gasteiger partial charge in [0.05, 0.1) is 0 Å². The molecule has 0 radical (unpaired) electrons. The van der Waals surface area contributed by atoms with E-state index in [0.717, 1.165) is 4.47 Å². The first-order valence-corrected chi connectivity index (χ1v) is 6.28. The van der Waals surface area contributed by atoms with Crippen molar-refractivity contribution >= 4 is 31.9 Å². The van der Waals surface area contributed by atoms with Gasteiger partial charge >= 0.3 is 0 Å². The summed E-state index contributed by atoms with van der Waals surface area (Å²) in [6.07, 6.45) is 3.69. The maximum absolute atomic E-state index is 3.55. The zero-order chi connectivity index (χ0) is 9.68. The Kier molecular flexibility index (Phi) is 5.04. The summed E-state index contributed by atoms with van der Waals surface area (Å²) < 4.78 is 1.16. The molecule has 0 N–H and O–H groups in total. The predicted octanol–water partition coefficient (Wildman–Crippen LogP) is 4.56. The van der Waals surface area contributed by atoms with E-state index < -0.39 is 0 Å². The van der Waals surface area contributed by atoms with Crippen LogP contribution in [0.1, 0.15) is 25.3 Å². The lowest BCUT2D eigenvalue weighted by atomic mass is 10.1. The van der Waals surface area contributed by atoms with Crippen LogP contribution in [0.4, 0.5) is 0 Å². The third-order valence-electron chi connectivity index (χ3n) is 1.98. The maximum atomic E-state index is 3.55. The van der Waals surface area contributed by atoms with Gasteiger partial charge in [0.15, 0.2) is 0 Å². The smallest absolute Gasteiger partial charge is 0.0175 e. The maximum Gasteiger partial charge on any atom is 0.0175 e. The van der Waals surface area contributed by atoms with E-state index in [1.807, 2.05) is 0 Å². The van der Waals surface area contributed by atoms with E-state index in [1.54, 1.807) is 0 Å². The second kappa shape index (κ2) is 5.82. The number of rotatable bonds is 4. The zero-order valence-corrected chi connectivity index (χ0v) is 10.9. The monoisotopic (exact) mass is 304 g/mol. The molecule has 0 aliphatic carbocycles.